The molecular formula is C25H27N2O+. The predicted molar refractivity (Wildman–Crippen MR) is 117 cm³/mol. The lowest BCUT2D eigenvalue weighted by atomic mass is 9.85. The number of nitrogens with zero attached hydrogens (tertiary/aromatic N) is 2. The van der Waals surface area contributed by atoms with Crippen LogP contribution in [0, 0.1) is 13.8 Å². The van der Waals surface area contributed by atoms with Crippen molar-refractivity contribution < 1.29 is 8.98 Å². The van der Waals surface area contributed by atoms with Crippen molar-refractivity contribution in [3.05, 3.63) is 53.3 Å². The molecule has 3 aromatic heterocycles. The number of aromatic nitrogens is 2. The third-order valence-corrected chi connectivity index (χ3v) is 6.29. The van der Waals surface area contributed by atoms with E-state index in [1.807, 2.05) is 0 Å². The standard InChI is InChI=1S/C25H27N2O/c1-14-18-9-11-26(6)22(18)15(2)24-20(14)23-21-16(8-10-27(23)7)12-17(25(3,4)5)13-19(21)28-24/h8-13H,1-7H3/q+1. The van der Waals surface area contributed by atoms with Gasteiger partial charge in [-0.15, -0.1) is 0 Å². The van der Waals surface area contributed by atoms with Crippen LogP contribution in [-0.2, 0) is 19.5 Å². The summed E-state index contributed by atoms with van der Waals surface area (Å²) in [6.45, 7) is 11.2. The predicted octanol–water partition coefficient (Wildman–Crippen LogP) is 5.97. The Morgan fingerprint density at radius 2 is 1.75 bits per heavy atom. The monoisotopic (exact) mass is 371 g/mol. The summed E-state index contributed by atoms with van der Waals surface area (Å²) in [6.07, 6.45) is 4.31. The van der Waals surface area contributed by atoms with E-state index < -0.39 is 0 Å². The molecule has 0 saturated carbocycles. The molecular weight excluding hydrogens is 344 g/mol. The summed E-state index contributed by atoms with van der Waals surface area (Å²) in [5.41, 5.74) is 8.32. The zero-order valence-corrected chi connectivity index (χ0v) is 17.8. The molecule has 28 heavy (non-hydrogen) atoms. The minimum atomic E-state index is 0.0690. The lowest BCUT2D eigenvalue weighted by Gasteiger charge is -2.22. The second-order valence-corrected chi connectivity index (χ2v) is 9.21. The fraction of sp³-hybridized carbons (Fsp3) is 0.320. The fourth-order valence-corrected chi connectivity index (χ4v) is 4.70. The molecule has 0 N–H and O–H groups in total. The largest absolute Gasteiger partial charge is 0.455 e. The fourth-order valence-electron chi connectivity index (χ4n) is 4.70. The molecule has 2 aromatic carbocycles. The number of benzene rings is 2. The van der Waals surface area contributed by atoms with Gasteiger partial charge in [-0.25, -0.2) is 4.57 Å². The lowest BCUT2D eigenvalue weighted by molar-refractivity contribution is -0.642. The van der Waals surface area contributed by atoms with E-state index in [4.69, 9.17) is 4.42 Å². The molecule has 5 rings (SSSR count). The molecule has 0 radical (unpaired) electrons. The van der Waals surface area contributed by atoms with E-state index in [9.17, 15) is 0 Å². The quantitative estimate of drug-likeness (QED) is 0.187. The van der Waals surface area contributed by atoms with E-state index in [0.717, 1.165) is 11.2 Å². The second kappa shape index (κ2) is 5.38. The molecule has 3 heteroatoms. The third-order valence-electron chi connectivity index (χ3n) is 6.29. The van der Waals surface area contributed by atoms with E-state index in [1.165, 1.54) is 49.3 Å². The van der Waals surface area contributed by atoms with E-state index in [-0.39, 0.29) is 5.41 Å². The average Bonchev–Trinajstić information content (AvgIpc) is 3.03. The molecule has 3 nitrogen and oxygen atoms in total. The highest BCUT2D eigenvalue weighted by Gasteiger charge is 2.24. The van der Waals surface area contributed by atoms with Crippen molar-refractivity contribution >= 4 is 43.7 Å². The molecule has 0 unspecified atom stereocenters. The highest BCUT2D eigenvalue weighted by Crippen LogP contribution is 2.40. The van der Waals surface area contributed by atoms with Crippen LogP contribution >= 0.6 is 0 Å². The summed E-state index contributed by atoms with van der Waals surface area (Å²) in [7, 11) is 4.24. The SMILES string of the molecule is Cc1c2cc[n+](C)c2c(C)c2oc3cc(C(C)(C)C)cc4ccn(C)c(c12)c43. The van der Waals surface area contributed by atoms with Gasteiger partial charge in [0.1, 0.15) is 18.2 Å². The van der Waals surface area contributed by atoms with Crippen LogP contribution in [0.15, 0.2) is 41.1 Å². The van der Waals surface area contributed by atoms with Crippen molar-refractivity contribution in [2.75, 3.05) is 0 Å². The molecule has 0 aliphatic heterocycles. The molecule has 0 saturated heterocycles. The third kappa shape index (κ3) is 2.13. The molecule has 0 aliphatic carbocycles. The number of pyridine rings is 1. The van der Waals surface area contributed by atoms with E-state index in [0.29, 0.717) is 0 Å². The van der Waals surface area contributed by atoms with Gasteiger partial charge in [0.05, 0.1) is 16.5 Å². The average molecular weight is 372 g/mol. The van der Waals surface area contributed by atoms with Gasteiger partial charge in [0.25, 0.3) is 0 Å². The molecule has 0 atom stereocenters. The van der Waals surface area contributed by atoms with Crippen LogP contribution in [0.5, 0.6) is 0 Å². The summed E-state index contributed by atoms with van der Waals surface area (Å²) in [5.74, 6) is 0. The summed E-state index contributed by atoms with van der Waals surface area (Å²) in [6, 6.07) is 8.98. The molecule has 0 amide bonds. The van der Waals surface area contributed by atoms with Crippen LogP contribution in [0.1, 0.15) is 37.5 Å². The molecule has 0 fully saturated rings. The van der Waals surface area contributed by atoms with Gasteiger partial charge < -0.3 is 8.98 Å². The first kappa shape index (κ1) is 17.3. The van der Waals surface area contributed by atoms with Gasteiger partial charge in [-0.2, -0.15) is 0 Å². The summed E-state index contributed by atoms with van der Waals surface area (Å²) >= 11 is 0. The summed E-state index contributed by atoms with van der Waals surface area (Å²) < 4.78 is 11.1. The topological polar surface area (TPSA) is 21.9 Å². The maximum Gasteiger partial charge on any atom is 0.219 e. The number of fused-ring (bicyclic) bond motifs is 3. The number of aryl methyl sites for hydroxylation is 4. The van der Waals surface area contributed by atoms with Crippen LogP contribution < -0.4 is 4.57 Å². The van der Waals surface area contributed by atoms with Gasteiger partial charge in [-0.05, 0) is 47.9 Å². The Kier molecular flexibility index (Phi) is 3.32. The Balaban J connectivity index is 2.12. The van der Waals surface area contributed by atoms with Crippen LogP contribution in [0.2, 0.25) is 0 Å². The summed E-state index contributed by atoms with van der Waals surface area (Å²) in [4.78, 5) is 0. The van der Waals surface area contributed by atoms with Gasteiger partial charge in [0.2, 0.25) is 5.52 Å². The molecule has 142 valence electrons. The smallest absolute Gasteiger partial charge is 0.219 e. The van der Waals surface area contributed by atoms with E-state index >= 15 is 0 Å². The molecule has 0 bridgehead atoms. The van der Waals surface area contributed by atoms with Gasteiger partial charge in [-0.3, -0.25) is 0 Å². The normalized spacial score (nSPS) is 12.8. The highest BCUT2D eigenvalue weighted by molar-refractivity contribution is 6.20. The molecule has 0 spiro atoms. The summed E-state index contributed by atoms with van der Waals surface area (Å²) in [5, 5.41) is 4.98. The maximum atomic E-state index is 6.66. The van der Waals surface area contributed by atoms with Crippen LogP contribution in [-0.4, -0.2) is 4.57 Å². The zero-order valence-electron chi connectivity index (χ0n) is 17.8. The minimum absolute atomic E-state index is 0.0690. The van der Waals surface area contributed by atoms with Crippen molar-refractivity contribution in [1.29, 1.82) is 0 Å². The molecule has 0 aliphatic rings. The zero-order chi connectivity index (χ0) is 20.0. The Hall–Kier alpha value is -2.81. The van der Waals surface area contributed by atoms with Gasteiger partial charge >= 0.3 is 0 Å². The number of rotatable bonds is 0. The van der Waals surface area contributed by atoms with Crippen molar-refractivity contribution in [3.63, 3.8) is 0 Å². The van der Waals surface area contributed by atoms with Crippen LogP contribution in [0.3, 0.4) is 0 Å². The Labute approximate surface area is 165 Å². The first-order valence-electron chi connectivity index (χ1n) is 9.92. The van der Waals surface area contributed by atoms with Gasteiger partial charge in [0.15, 0.2) is 6.20 Å². The van der Waals surface area contributed by atoms with Gasteiger partial charge in [-0.1, -0.05) is 26.8 Å². The van der Waals surface area contributed by atoms with Gasteiger partial charge in [0, 0.05) is 30.1 Å². The van der Waals surface area contributed by atoms with Crippen molar-refractivity contribution in [1.82, 2.24) is 4.57 Å². The highest BCUT2D eigenvalue weighted by atomic mass is 16.3. The maximum absolute atomic E-state index is 6.66. The van der Waals surface area contributed by atoms with Crippen molar-refractivity contribution in [2.45, 2.75) is 40.0 Å². The minimum Gasteiger partial charge on any atom is -0.455 e. The van der Waals surface area contributed by atoms with Crippen molar-refractivity contribution in [2.24, 2.45) is 14.1 Å². The second-order valence-electron chi connectivity index (χ2n) is 9.21. The Bertz CT molecular complexity index is 1420. The molecule has 5 aromatic rings. The van der Waals surface area contributed by atoms with E-state index in [1.54, 1.807) is 0 Å². The number of hydrogen-bond donors (Lipinski definition) is 0. The first-order valence-corrected chi connectivity index (χ1v) is 9.92. The lowest BCUT2D eigenvalue weighted by Crippen LogP contribution is -2.25. The number of hydrogen-bond acceptors (Lipinski definition) is 1. The van der Waals surface area contributed by atoms with E-state index in [2.05, 4.69) is 94.5 Å². The Morgan fingerprint density at radius 3 is 2.46 bits per heavy atom. The molecule has 3 heterocycles. The van der Waals surface area contributed by atoms with Crippen LogP contribution in [0.25, 0.3) is 43.7 Å². The van der Waals surface area contributed by atoms with Crippen molar-refractivity contribution in [3.8, 4) is 0 Å². The van der Waals surface area contributed by atoms with Crippen LogP contribution in [0.4, 0.5) is 0 Å². The first-order chi connectivity index (χ1) is 13.2. The Morgan fingerprint density at radius 1 is 1.00 bits per heavy atom.